The topological polar surface area (TPSA) is 77.4 Å². The monoisotopic (exact) mass is 350 g/mol. The summed E-state index contributed by atoms with van der Waals surface area (Å²) in [6.07, 6.45) is 0. The minimum absolute atomic E-state index is 0.489. The Morgan fingerprint density at radius 2 is 1.96 bits per heavy atom. The average Bonchev–Trinajstić information content (AvgIpc) is 3.15. The van der Waals surface area contributed by atoms with Crippen LogP contribution in [0.4, 0.5) is 5.69 Å². The van der Waals surface area contributed by atoms with Gasteiger partial charge in [0.1, 0.15) is 0 Å². The van der Waals surface area contributed by atoms with Crippen molar-refractivity contribution < 1.29 is 9.26 Å². The van der Waals surface area contributed by atoms with Gasteiger partial charge in [-0.1, -0.05) is 29.4 Å². The summed E-state index contributed by atoms with van der Waals surface area (Å²) in [7, 11) is 0. The molecular weight excluding hydrogens is 328 g/mol. The van der Waals surface area contributed by atoms with E-state index in [0.29, 0.717) is 17.4 Å². The average molecular weight is 350 g/mol. The van der Waals surface area contributed by atoms with Gasteiger partial charge in [0, 0.05) is 36.4 Å². The number of rotatable bonds is 4. The van der Waals surface area contributed by atoms with E-state index >= 15 is 0 Å². The molecule has 1 aromatic heterocycles. The lowest BCUT2D eigenvalue weighted by Gasteiger charge is -2.26. The van der Waals surface area contributed by atoms with Crippen LogP contribution in [-0.2, 0) is 11.3 Å². The van der Waals surface area contributed by atoms with E-state index in [-0.39, 0.29) is 0 Å². The van der Waals surface area contributed by atoms with E-state index in [0.717, 1.165) is 49.5 Å². The lowest BCUT2D eigenvalue weighted by Crippen LogP contribution is -2.35. The molecule has 0 bridgehead atoms. The maximum Gasteiger partial charge on any atom is 0.258 e. The van der Waals surface area contributed by atoms with Crippen molar-refractivity contribution in [1.29, 1.82) is 0 Å². The molecule has 0 atom stereocenters. The van der Waals surface area contributed by atoms with Gasteiger partial charge in [-0.15, -0.1) is 0 Å². The van der Waals surface area contributed by atoms with E-state index in [4.69, 9.17) is 15.0 Å². The number of aromatic nitrogens is 2. The number of hydrogen-bond acceptors (Lipinski definition) is 6. The highest BCUT2D eigenvalue weighted by molar-refractivity contribution is 5.66. The van der Waals surface area contributed by atoms with Crippen molar-refractivity contribution in [2.45, 2.75) is 13.5 Å². The van der Waals surface area contributed by atoms with Gasteiger partial charge in [-0.05, 0) is 36.2 Å². The fourth-order valence-corrected chi connectivity index (χ4v) is 3.15. The van der Waals surface area contributed by atoms with Gasteiger partial charge in [-0.25, -0.2) is 0 Å². The number of morpholine rings is 1. The predicted molar refractivity (Wildman–Crippen MR) is 100 cm³/mol. The number of aryl methyl sites for hydroxylation is 1. The molecule has 0 radical (unpaired) electrons. The second-order valence-corrected chi connectivity index (χ2v) is 6.59. The predicted octanol–water partition coefficient (Wildman–Crippen LogP) is 3.13. The first kappa shape index (κ1) is 16.8. The molecule has 0 saturated carbocycles. The smallest absolute Gasteiger partial charge is 0.258 e. The van der Waals surface area contributed by atoms with Crippen LogP contribution in [0.5, 0.6) is 0 Å². The molecular formula is C20H22N4O2. The summed E-state index contributed by atoms with van der Waals surface area (Å²) < 4.78 is 10.9. The molecule has 0 aliphatic carbocycles. The van der Waals surface area contributed by atoms with E-state index in [2.05, 4.69) is 27.2 Å². The van der Waals surface area contributed by atoms with Gasteiger partial charge in [0.05, 0.1) is 13.2 Å². The molecule has 1 saturated heterocycles. The van der Waals surface area contributed by atoms with E-state index < -0.39 is 0 Å². The first-order valence-electron chi connectivity index (χ1n) is 8.79. The van der Waals surface area contributed by atoms with Crippen LogP contribution >= 0.6 is 0 Å². The molecule has 1 aliphatic heterocycles. The summed E-state index contributed by atoms with van der Waals surface area (Å²) in [6, 6.07) is 14.0. The largest absolute Gasteiger partial charge is 0.399 e. The van der Waals surface area contributed by atoms with Crippen LogP contribution in [0.1, 0.15) is 11.1 Å². The Bertz CT molecular complexity index is 900. The van der Waals surface area contributed by atoms with E-state index in [1.54, 1.807) is 0 Å². The number of nitrogens with two attached hydrogens (primary N) is 1. The molecule has 2 heterocycles. The van der Waals surface area contributed by atoms with E-state index in [1.165, 1.54) is 5.56 Å². The molecule has 6 heteroatoms. The normalized spacial score (nSPS) is 15.3. The Balaban J connectivity index is 1.57. The van der Waals surface area contributed by atoms with Gasteiger partial charge in [0.25, 0.3) is 5.89 Å². The molecule has 0 amide bonds. The first-order valence-corrected chi connectivity index (χ1v) is 8.79. The van der Waals surface area contributed by atoms with Crippen molar-refractivity contribution in [2.75, 3.05) is 32.0 Å². The van der Waals surface area contributed by atoms with Gasteiger partial charge >= 0.3 is 0 Å². The summed E-state index contributed by atoms with van der Waals surface area (Å²) in [6.45, 7) is 6.43. The molecule has 6 nitrogen and oxygen atoms in total. The molecule has 0 spiro atoms. The Hall–Kier alpha value is -2.70. The van der Waals surface area contributed by atoms with Crippen LogP contribution in [0.2, 0.25) is 0 Å². The lowest BCUT2D eigenvalue weighted by molar-refractivity contribution is 0.0342. The Morgan fingerprint density at radius 1 is 1.12 bits per heavy atom. The van der Waals surface area contributed by atoms with Crippen LogP contribution in [0.25, 0.3) is 22.8 Å². The fraction of sp³-hybridized carbons (Fsp3) is 0.300. The lowest BCUT2D eigenvalue weighted by atomic mass is 10.1. The summed E-state index contributed by atoms with van der Waals surface area (Å²) in [4.78, 5) is 6.96. The Kier molecular flexibility index (Phi) is 4.69. The third-order valence-corrected chi connectivity index (χ3v) is 4.61. The molecule has 1 aliphatic rings. The number of benzene rings is 2. The zero-order valence-corrected chi connectivity index (χ0v) is 14.8. The molecule has 2 aromatic carbocycles. The quantitative estimate of drug-likeness (QED) is 0.729. The van der Waals surface area contributed by atoms with Crippen LogP contribution < -0.4 is 5.73 Å². The molecule has 2 N–H and O–H groups in total. The minimum atomic E-state index is 0.489. The maximum atomic E-state index is 5.89. The Labute approximate surface area is 152 Å². The highest BCUT2D eigenvalue weighted by Crippen LogP contribution is 2.27. The van der Waals surface area contributed by atoms with Crippen molar-refractivity contribution in [1.82, 2.24) is 15.0 Å². The summed E-state index contributed by atoms with van der Waals surface area (Å²) in [5.74, 6) is 1.08. The maximum absolute atomic E-state index is 5.89. The zero-order valence-electron chi connectivity index (χ0n) is 14.8. The molecule has 26 heavy (non-hydrogen) atoms. The van der Waals surface area contributed by atoms with E-state index in [1.807, 2.05) is 37.3 Å². The first-order chi connectivity index (χ1) is 12.7. The number of anilines is 1. The summed E-state index contributed by atoms with van der Waals surface area (Å²) >= 11 is 0. The van der Waals surface area contributed by atoms with Gasteiger partial charge < -0.3 is 15.0 Å². The van der Waals surface area contributed by atoms with Crippen LogP contribution in [0.15, 0.2) is 47.0 Å². The highest BCUT2D eigenvalue weighted by Gasteiger charge is 2.15. The molecule has 134 valence electrons. The molecule has 4 rings (SSSR count). The minimum Gasteiger partial charge on any atom is -0.399 e. The van der Waals surface area contributed by atoms with E-state index in [9.17, 15) is 0 Å². The number of nitrogens with zero attached hydrogens (tertiary/aromatic N) is 3. The van der Waals surface area contributed by atoms with Crippen LogP contribution in [-0.4, -0.2) is 41.3 Å². The van der Waals surface area contributed by atoms with Gasteiger partial charge in [0.2, 0.25) is 5.82 Å². The third kappa shape index (κ3) is 3.61. The van der Waals surface area contributed by atoms with Crippen molar-refractivity contribution in [3.63, 3.8) is 0 Å². The molecule has 0 unspecified atom stereocenters. The van der Waals surface area contributed by atoms with Gasteiger partial charge in [-0.3, -0.25) is 4.90 Å². The molecule has 1 fully saturated rings. The van der Waals surface area contributed by atoms with Crippen molar-refractivity contribution in [2.24, 2.45) is 0 Å². The number of ether oxygens (including phenoxy) is 1. The zero-order chi connectivity index (χ0) is 17.9. The Morgan fingerprint density at radius 3 is 2.81 bits per heavy atom. The summed E-state index contributed by atoms with van der Waals surface area (Å²) in [5.41, 5.74) is 10.7. The van der Waals surface area contributed by atoms with Gasteiger partial charge in [-0.2, -0.15) is 4.98 Å². The second kappa shape index (κ2) is 7.27. The number of nitrogen functional groups attached to an aromatic ring is 1. The third-order valence-electron chi connectivity index (χ3n) is 4.61. The second-order valence-electron chi connectivity index (χ2n) is 6.59. The molecule has 3 aromatic rings. The number of hydrogen-bond donors (Lipinski definition) is 1. The van der Waals surface area contributed by atoms with Crippen molar-refractivity contribution >= 4 is 5.69 Å². The van der Waals surface area contributed by atoms with Gasteiger partial charge in [0.15, 0.2) is 0 Å². The van der Waals surface area contributed by atoms with Crippen LogP contribution in [0.3, 0.4) is 0 Å². The highest BCUT2D eigenvalue weighted by atomic mass is 16.5. The van der Waals surface area contributed by atoms with Crippen molar-refractivity contribution in [3.05, 3.63) is 53.6 Å². The van der Waals surface area contributed by atoms with Crippen LogP contribution in [0, 0.1) is 6.92 Å². The standard InChI is InChI=1S/C20H22N4O2/c1-14-5-6-17(21)12-18(14)20-22-19(23-26-20)16-4-2-3-15(11-16)13-24-7-9-25-10-8-24/h2-6,11-12H,7-10,13,21H2,1H3. The fourth-order valence-electron chi connectivity index (χ4n) is 3.15. The summed E-state index contributed by atoms with van der Waals surface area (Å²) in [5, 5.41) is 4.16. The van der Waals surface area contributed by atoms with Crippen molar-refractivity contribution in [3.8, 4) is 22.8 Å². The SMILES string of the molecule is Cc1ccc(N)cc1-c1nc(-c2cccc(CN3CCOCC3)c2)no1.